The van der Waals surface area contributed by atoms with E-state index in [-0.39, 0.29) is 17.1 Å². The van der Waals surface area contributed by atoms with Crippen molar-refractivity contribution in [2.24, 2.45) is 0 Å². The second-order valence-corrected chi connectivity index (χ2v) is 4.79. The second-order valence-electron chi connectivity index (χ2n) is 2.78. The number of pyridine rings is 1. The minimum atomic E-state index is -3.58. The van der Waals surface area contributed by atoms with E-state index < -0.39 is 15.9 Å². The molecule has 0 saturated carbocycles. The number of anilines is 1. The number of sulfonamides is 1. The van der Waals surface area contributed by atoms with Gasteiger partial charge in [0.25, 0.3) is 5.91 Å². The number of hydrogen-bond donors (Lipinski definition) is 2. The van der Waals surface area contributed by atoms with Crippen molar-refractivity contribution in [2.75, 3.05) is 11.5 Å². The van der Waals surface area contributed by atoms with Gasteiger partial charge in [-0.2, -0.15) is 0 Å². The Labute approximate surface area is 87.6 Å². The van der Waals surface area contributed by atoms with Crippen molar-refractivity contribution in [3.05, 3.63) is 24.0 Å². The fourth-order valence-corrected chi connectivity index (χ4v) is 1.39. The first-order valence-corrected chi connectivity index (χ1v) is 5.87. The van der Waals surface area contributed by atoms with Crippen LogP contribution in [0.1, 0.15) is 17.4 Å². The van der Waals surface area contributed by atoms with Crippen LogP contribution in [0, 0.1) is 0 Å². The van der Waals surface area contributed by atoms with Crippen molar-refractivity contribution in [3.63, 3.8) is 0 Å². The Bertz CT molecular complexity index is 470. The molecular weight excluding hydrogens is 218 g/mol. The molecule has 0 spiro atoms. The molecule has 0 saturated heterocycles. The van der Waals surface area contributed by atoms with E-state index in [1.54, 1.807) is 6.07 Å². The summed E-state index contributed by atoms with van der Waals surface area (Å²) in [6.07, 6.45) is 1.36. The average molecular weight is 229 g/mol. The summed E-state index contributed by atoms with van der Waals surface area (Å²) in [5, 5.41) is 0. The molecule has 0 aromatic carbocycles. The lowest BCUT2D eigenvalue weighted by molar-refractivity contribution is 0.0977. The minimum absolute atomic E-state index is 0.0884. The molecule has 1 heterocycles. The van der Waals surface area contributed by atoms with Gasteiger partial charge < -0.3 is 5.73 Å². The van der Waals surface area contributed by atoms with Gasteiger partial charge in [-0.15, -0.1) is 0 Å². The molecule has 0 atom stereocenters. The van der Waals surface area contributed by atoms with E-state index in [4.69, 9.17) is 5.73 Å². The summed E-state index contributed by atoms with van der Waals surface area (Å²) < 4.78 is 24.0. The van der Waals surface area contributed by atoms with E-state index in [2.05, 4.69) is 4.98 Å². The first-order chi connectivity index (χ1) is 6.96. The van der Waals surface area contributed by atoms with Crippen LogP contribution in [0.5, 0.6) is 0 Å². The van der Waals surface area contributed by atoms with Crippen molar-refractivity contribution >= 4 is 21.6 Å². The van der Waals surface area contributed by atoms with Gasteiger partial charge in [0.05, 0.1) is 11.4 Å². The second kappa shape index (κ2) is 4.26. The van der Waals surface area contributed by atoms with Gasteiger partial charge in [0.2, 0.25) is 10.0 Å². The molecule has 1 rings (SSSR count). The highest BCUT2D eigenvalue weighted by atomic mass is 32.2. The van der Waals surface area contributed by atoms with E-state index in [1.165, 1.54) is 19.2 Å². The molecule has 1 aromatic rings. The van der Waals surface area contributed by atoms with Gasteiger partial charge in [0.1, 0.15) is 0 Å². The lowest BCUT2D eigenvalue weighted by atomic mass is 10.3. The van der Waals surface area contributed by atoms with Crippen molar-refractivity contribution in [1.29, 1.82) is 0 Å². The maximum absolute atomic E-state index is 11.4. The molecule has 0 aliphatic heterocycles. The molecule has 7 heteroatoms. The Hall–Kier alpha value is -1.63. The number of aromatic nitrogens is 1. The Kier molecular flexibility index (Phi) is 3.25. The van der Waals surface area contributed by atoms with Crippen LogP contribution < -0.4 is 10.5 Å². The predicted molar refractivity (Wildman–Crippen MR) is 55.6 cm³/mol. The summed E-state index contributed by atoms with van der Waals surface area (Å²) in [5.41, 5.74) is 5.52. The molecular formula is C8H11N3O3S. The van der Waals surface area contributed by atoms with Gasteiger partial charge >= 0.3 is 0 Å². The SMILES string of the molecule is CCS(=O)(=O)NC(=O)c1ncccc1N. The number of amides is 1. The summed E-state index contributed by atoms with van der Waals surface area (Å²) in [7, 11) is -3.58. The summed E-state index contributed by atoms with van der Waals surface area (Å²) >= 11 is 0. The molecule has 15 heavy (non-hydrogen) atoms. The monoisotopic (exact) mass is 229 g/mol. The van der Waals surface area contributed by atoms with Crippen molar-refractivity contribution in [1.82, 2.24) is 9.71 Å². The number of carbonyl (C=O) groups excluding carboxylic acids is 1. The standard InChI is InChI=1S/C8H11N3O3S/c1-2-15(13,14)11-8(12)7-6(9)4-3-5-10-7/h3-5H,2,9H2,1H3,(H,11,12). The number of rotatable bonds is 3. The normalized spacial score (nSPS) is 11.0. The first-order valence-electron chi connectivity index (χ1n) is 4.21. The Morgan fingerprint density at radius 1 is 1.60 bits per heavy atom. The minimum Gasteiger partial charge on any atom is -0.397 e. The first kappa shape index (κ1) is 11.4. The number of nitrogen functional groups attached to an aromatic ring is 1. The van der Waals surface area contributed by atoms with Crippen LogP contribution in [-0.4, -0.2) is 25.1 Å². The number of nitrogens with zero attached hydrogens (tertiary/aromatic N) is 1. The van der Waals surface area contributed by atoms with Gasteiger partial charge in [-0.3, -0.25) is 4.79 Å². The summed E-state index contributed by atoms with van der Waals surface area (Å²) in [6, 6.07) is 3.03. The van der Waals surface area contributed by atoms with Crippen LogP contribution in [-0.2, 0) is 10.0 Å². The molecule has 0 unspecified atom stereocenters. The zero-order valence-electron chi connectivity index (χ0n) is 8.10. The maximum atomic E-state index is 11.4. The smallest absolute Gasteiger partial charge is 0.285 e. The molecule has 0 aliphatic carbocycles. The van der Waals surface area contributed by atoms with Gasteiger partial charge in [-0.05, 0) is 19.1 Å². The Morgan fingerprint density at radius 2 is 2.27 bits per heavy atom. The molecule has 6 nitrogen and oxygen atoms in total. The van der Waals surface area contributed by atoms with Crippen LogP contribution in [0.25, 0.3) is 0 Å². The molecule has 82 valence electrons. The highest BCUT2D eigenvalue weighted by Gasteiger charge is 2.16. The quantitative estimate of drug-likeness (QED) is 0.743. The van der Waals surface area contributed by atoms with Gasteiger partial charge in [0.15, 0.2) is 5.69 Å². The Balaban J connectivity index is 2.93. The lowest BCUT2D eigenvalue weighted by Crippen LogP contribution is -2.32. The van der Waals surface area contributed by atoms with Gasteiger partial charge in [-0.25, -0.2) is 18.1 Å². The largest absolute Gasteiger partial charge is 0.397 e. The third-order valence-corrected chi connectivity index (χ3v) is 2.94. The van der Waals surface area contributed by atoms with Gasteiger partial charge in [-0.1, -0.05) is 0 Å². The molecule has 0 fully saturated rings. The fraction of sp³-hybridized carbons (Fsp3) is 0.250. The molecule has 0 aliphatic rings. The van der Waals surface area contributed by atoms with Crippen molar-refractivity contribution < 1.29 is 13.2 Å². The fourth-order valence-electron chi connectivity index (χ4n) is 0.869. The van der Waals surface area contributed by atoms with Crippen LogP contribution in [0.4, 0.5) is 5.69 Å². The third kappa shape index (κ3) is 2.91. The third-order valence-electron chi connectivity index (χ3n) is 1.68. The van der Waals surface area contributed by atoms with E-state index in [9.17, 15) is 13.2 Å². The maximum Gasteiger partial charge on any atom is 0.285 e. The van der Waals surface area contributed by atoms with Crippen LogP contribution in [0.3, 0.4) is 0 Å². The highest BCUT2D eigenvalue weighted by molar-refractivity contribution is 7.90. The van der Waals surface area contributed by atoms with Crippen molar-refractivity contribution in [3.8, 4) is 0 Å². The van der Waals surface area contributed by atoms with E-state index in [0.717, 1.165) is 0 Å². The topological polar surface area (TPSA) is 102 Å². The van der Waals surface area contributed by atoms with Crippen LogP contribution in [0.15, 0.2) is 18.3 Å². The summed E-state index contributed by atoms with van der Waals surface area (Å²) in [6.45, 7) is 1.43. The number of carbonyl (C=O) groups is 1. The van der Waals surface area contributed by atoms with E-state index in [1.807, 2.05) is 4.72 Å². The number of nitrogens with two attached hydrogens (primary N) is 1. The number of hydrogen-bond acceptors (Lipinski definition) is 5. The van der Waals surface area contributed by atoms with E-state index >= 15 is 0 Å². The van der Waals surface area contributed by atoms with Crippen LogP contribution in [0.2, 0.25) is 0 Å². The zero-order valence-corrected chi connectivity index (χ0v) is 8.91. The molecule has 0 bridgehead atoms. The molecule has 1 aromatic heterocycles. The summed E-state index contributed by atoms with van der Waals surface area (Å²) in [5.74, 6) is -0.985. The number of nitrogens with one attached hydrogen (secondary N) is 1. The van der Waals surface area contributed by atoms with Crippen LogP contribution >= 0.6 is 0 Å². The van der Waals surface area contributed by atoms with E-state index in [0.29, 0.717) is 0 Å². The predicted octanol–water partition coefficient (Wildman–Crippen LogP) is -0.257. The van der Waals surface area contributed by atoms with Crippen molar-refractivity contribution in [2.45, 2.75) is 6.92 Å². The molecule has 1 amide bonds. The molecule has 0 radical (unpaired) electrons. The van der Waals surface area contributed by atoms with Gasteiger partial charge in [0, 0.05) is 6.20 Å². The highest BCUT2D eigenvalue weighted by Crippen LogP contribution is 2.06. The Morgan fingerprint density at radius 3 is 2.80 bits per heavy atom. The zero-order chi connectivity index (χ0) is 11.5. The summed E-state index contributed by atoms with van der Waals surface area (Å²) in [4.78, 5) is 15.1. The molecule has 3 N–H and O–H groups in total. The lowest BCUT2D eigenvalue weighted by Gasteiger charge is -2.05. The average Bonchev–Trinajstić information content (AvgIpc) is 2.17.